The number of nitrogens with zero attached hydrogens (tertiary/aromatic N) is 3. The molecule has 0 aromatic carbocycles. The zero-order chi connectivity index (χ0) is 12.4. The molecule has 5 nitrogen and oxygen atoms in total. The molecule has 0 spiro atoms. The summed E-state index contributed by atoms with van der Waals surface area (Å²) in [7, 11) is 0. The van der Waals surface area contributed by atoms with Crippen LogP contribution in [-0.4, -0.2) is 46.8 Å². The van der Waals surface area contributed by atoms with Crippen LogP contribution in [0, 0.1) is 6.92 Å². The third-order valence-corrected chi connectivity index (χ3v) is 3.78. The Balaban J connectivity index is 1.43. The third kappa shape index (κ3) is 3.29. The number of rotatable bonds is 5. The summed E-state index contributed by atoms with van der Waals surface area (Å²) >= 11 is 0. The van der Waals surface area contributed by atoms with E-state index in [4.69, 9.17) is 4.52 Å². The predicted octanol–water partition coefficient (Wildman–Crippen LogP) is 1.14. The highest BCUT2D eigenvalue weighted by atomic mass is 16.5. The molecule has 1 atom stereocenters. The molecule has 1 saturated carbocycles. The van der Waals surface area contributed by atoms with Crippen molar-refractivity contribution in [2.24, 2.45) is 0 Å². The smallest absolute Gasteiger partial charge is 0.223 e. The Morgan fingerprint density at radius 1 is 1.33 bits per heavy atom. The molecular weight excluding hydrogens is 228 g/mol. The number of aryl methyl sites for hydroxylation is 1. The highest BCUT2D eigenvalue weighted by Crippen LogP contribution is 2.21. The van der Waals surface area contributed by atoms with E-state index in [1.807, 2.05) is 6.92 Å². The van der Waals surface area contributed by atoms with E-state index in [0.717, 1.165) is 24.8 Å². The Kier molecular flexibility index (Phi) is 3.61. The molecule has 100 valence electrons. The maximum atomic E-state index is 4.99. The minimum Gasteiger partial charge on any atom is -0.340 e. The number of likely N-dealkylation sites (tertiary alicyclic amines) is 1. The van der Waals surface area contributed by atoms with Gasteiger partial charge in [-0.15, -0.1) is 0 Å². The van der Waals surface area contributed by atoms with Crippen LogP contribution < -0.4 is 5.32 Å². The van der Waals surface area contributed by atoms with Gasteiger partial charge in [0.25, 0.3) is 0 Å². The fourth-order valence-corrected chi connectivity index (χ4v) is 2.68. The van der Waals surface area contributed by atoms with Crippen molar-refractivity contribution in [2.45, 2.75) is 51.1 Å². The second-order valence-corrected chi connectivity index (χ2v) is 5.56. The lowest BCUT2D eigenvalue weighted by Crippen LogP contribution is -2.46. The predicted molar refractivity (Wildman–Crippen MR) is 68.4 cm³/mol. The van der Waals surface area contributed by atoms with Crippen LogP contribution in [0.25, 0.3) is 0 Å². The van der Waals surface area contributed by atoms with E-state index >= 15 is 0 Å². The first-order valence-corrected chi connectivity index (χ1v) is 7.07. The van der Waals surface area contributed by atoms with E-state index in [0.29, 0.717) is 11.9 Å². The molecule has 1 aromatic heterocycles. The summed E-state index contributed by atoms with van der Waals surface area (Å²) in [5.74, 6) is 1.50. The molecule has 18 heavy (non-hydrogen) atoms. The second-order valence-electron chi connectivity index (χ2n) is 5.56. The van der Waals surface area contributed by atoms with Crippen molar-refractivity contribution in [3.63, 3.8) is 0 Å². The van der Waals surface area contributed by atoms with E-state index in [1.54, 1.807) is 0 Å². The van der Waals surface area contributed by atoms with E-state index in [2.05, 4.69) is 20.4 Å². The lowest BCUT2D eigenvalue weighted by molar-refractivity contribution is 0.190. The summed E-state index contributed by atoms with van der Waals surface area (Å²) in [6, 6.07) is 1.51. The summed E-state index contributed by atoms with van der Waals surface area (Å²) < 4.78 is 4.99. The third-order valence-electron chi connectivity index (χ3n) is 3.78. The van der Waals surface area contributed by atoms with Gasteiger partial charge in [-0.2, -0.15) is 4.98 Å². The lowest BCUT2D eigenvalue weighted by Gasteiger charge is -2.33. The van der Waals surface area contributed by atoms with Crippen LogP contribution in [0.3, 0.4) is 0 Å². The number of nitrogens with one attached hydrogen (secondary N) is 1. The molecule has 1 saturated heterocycles. The van der Waals surface area contributed by atoms with Crippen LogP contribution in [0.5, 0.6) is 0 Å². The Hall–Kier alpha value is -0.940. The first-order chi connectivity index (χ1) is 8.79. The van der Waals surface area contributed by atoms with Gasteiger partial charge in [-0.1, -0.05) is 5.16 Å². The average molecular weight is 250 g/mol. The SMILES string of the molecule is Cc1nc(CCN2CCCC(NC3CC3)C2)no1. The summed E-state index contributed by atoms with van der Waals surface area (Å²) in [5.41, 5.74) is 0. The first-order valence-electron chi connectivity index (χ1n) is 7.07. The van der Waals surface area contributed by atoms with Gasteiger partial charge in [0.15, 0.2) is 5.82 Å². The normalized spacial score (nSPS) is 25.5. The summed E-state index contributed by atoms with van der Waals surface area (Å²) in [5, 5.41) is 7.68. The maximum absolute atomic E-state index is 4.99. The molecule has 0 bridgehead atoms. The van der Waals surface area contributed by atoms with Crippen LogP contribution >= 0.6 is 0 Å². The molecule has 2 heterocycles. The van der Waals surface area contributed by atoms with Crippen molar-refractivity contribution in [1.82, 2.24) is 20.4 Å². The molecule has 5 heteroatoms. The Morgan fingerprint density at radius 2 is 2.22 bits per heavy atom. The van der Waals surface area contributed by atoms with Crippen molar-refractivity contribution in [3.8, 4) is 0 Å². The molecule has 1 aromatic rings. The van der Waals surface area contributed by atoms with Crippen molar-refractivity contribution in [3.05, 3.63) is 11.7 Å². The molecule has 1 N–H and O–H groups in total. The lowest BCUT2D eigenvalue weighted by atomic mass is 10.1. The van der Waals surface area contributed by atoms with Gasteiger partial charge < -0.3 is 14.7 Å². The Labute approximate surface area is 108 Å². The van der Waals surface area contributed by atoms with Gasteiger partial charge in [-0.25, -0.2) is 0 Å². The largest absolute Gasteiger partial charge is 0.340 e. The summed E-state index contributed by atoms with van der Waals surface area (Å²) in [4.78, 5) is 6.78. The van der Waals surface area contributed by atoms with Crippen LogP contribution in [0.1, 0.15) is 37.4 Å². The Morgan fingerprint density at radius 3 is 2.94 bits per heavy atom. The number of hydrogen-bond acceptors (Lipinski definition) is 5. The van der Waals surface area contributed by atoms with Crippen LogP contribution in [0.15, 0.2) is 4.52 Å². The second kappa shape index (κ2) is 5.36. The molecule has 1 aliphatic heterocycles. The fourth-order valence-electron chi connectivity index (χ4n) is 2.68. The highest BCUT2D eigenvalue weighted by Gasteiger charge is 2.27. The molecule has 2 aliphatic rings. The van der Waals surface area contributed by atoms with Gasteiger partial charge in [0, 0.05) is 38.5 Å². The molecule has 0 radical (unpaired) electrons. The van der Waals surface area contributed by atoms with Crippen LogP contribution in [-0.2, 0) is 6.42 Å². The monoisotopic (exact) mass is 250 g/mol. The van der Waals surface area contributed by atoms with Crippen molar-refractivity contribution >= 4 is 0 Å². The van der Waals surface area contributed by atoms with Crippen molar-refractivity contribution in [1.29, 1.82) is 0 Å². The quantitative estimate of drug-likeness (QED) is 0.849. The first kappa shape index (κ1) is 12.1. The molecule has 2 fully saturated rings. The topological polar surface area (TPSA) is 54.2 Å². The highest BCUT2D eigenvalue weighted by molar-refractivity contribution is 4.89. The number of hydrogen-bond donors (Lipinski definition) is 1. The van der Waals surface area contributed by atoms with E-state index in [1.165, 1.54) is 38.8 Å². The summed E-state index contributed by atoms with van der Waals surface area (Å²) in [6.07, 6.45) is 6.27. The number of piperidine rings is 1. The van der Waals surface area contributed by atoms with Crippen molar-refractivity contribution in [2.75, 3.05) is 19.6 Å². The number of aromatic nitrogens is 2. The van der Waals surface area contributed by atoms with Crippen LogP contribution in [0.4, 0.5) is 0 Å². The minimum absolute atomic E-state index is 0.664. The maximum Gasteiger partial charge on any atom is 0.223 e. The van der Waals surface area contributed by atoms with Gasteiger partial charge in [-0.05, 0) is 32.2 Å². The molecular formula is C13H22N4O. The van der Waals surface area contributed by atoms with Crippen LogP contribution in [0.2, 0.25) is 0 Å². The van der Waals surface area contributed by atoms with E-state index in [-0.39, 0.29) is 0 Å². The van der Waals surface area contributed by atoms with Gasteiger partial charge >= 0.3 is 0 Å². The fraction of sp³-hybridized carbons (Fsp3) is 0.846. The molecule has 0 amide bonds. The minimum atomic E-state index is 0.664. The van der Waals surface area contributed by atoms with Crippen molar-refractivity contribution < 1.29 is 4.52 Å². The zero-order valence-electron chi connectivity index (χ0n) is 11.1. The van der Waals surface area contributed by atoms with E-state index < -0.39 is 0 Å². The molecule has 1 aliphatic carbocycles. The van der Waals surface area contributed by atoms with Gasteiger partial charge in [0.05, 0.1) is 0 Å². The molecule has 3 rings (SSSR count). The Bertz CT molecular complexity index is 388. The summed E-state index contributed by atoms with van der Waals surface area (Å²) in [6.45, 7) is 5.27. The van der Waals surface area contributed by atoms with Gasteiger partial charge in [-0.3, -0.25) is 0 Å². The van der Waals surface area contributed by atoms with E-state index in [9.17, 15) is 0 Å². The standard InChI is InChI=1S/C13H22N4O/c1-10-14-13(16-18-10)6-8-17-7-2-3-12(9-17)15-11-4-5-11/h11-12,15H,2-9H2,1H3. The zero-order valence-corrected chi connectivity index (χ0v) is 11.1. The van der Waals surface area contributed by atoms with Gasteiger partial charge in [0.2, 0.25) is 5.89 Å². The average Bonchev–Trinajstić information content (AvgIpc) is 3.08. The van der Waals surface area contributed by atoms with Gasteiger partial charge in [0.1, 0.15) is 0 Å². The molecule has 1 unspecified atom stereocenters.